The van der Waals surface area contributed by atoms with E-state index in [9.17, 15) is 4.79 Å². The number of thioether (sulfide) groups is 1. The summed E-state index contributed by atoms with van der Waals surface area (Å²) >= 11 is 13.0. The Morgan fingerprint density at radius 2 is 2.05 bits per heavy atom. The van der Waals surface area contributed by atoms with Crippen LogP contribution in [0.15, 0.2) is 47.6 Å². The van der Waals surface area contributed by atoms with Crippen molar-refractivity contribution in [2.75, 3.05) is 11.1 Å². The van der Waals surface area contributed by atoms with E-state index in [2.05, 4.69) is 10.3 Å². The van der Waals surface area contributed by atoms with Gasteiger partial charge in [0.1, 0.15) is 0 Å². The molecule has 2 aromatic rings. The highest BCUT2D eigenvalue weighted by molar-refractivity contribution is 7.99. The number of hydrogen-bond donors (Lipinski definition) is 1. The number of aromatic nitrogens is 1. The zero-order valence-electron chi connectivity index (χ0n) is 9.77. The second-order valence-electron chi connectivity index (χ2n) is 3.63. The quantitative estimate of drug-likeness (QED) is 0.863. The maximum absolute atomic E-state index is 11.7. The number of benzene rings is 1. The van der Waals surface area contributed by atoms with Gasteiger partial charge in [0.15, 0.2) is 0 Å². The molecule has 0 spiro atoms. The lowest BCUT2D eigenvalue weighted by atomic mass is 10.3. The Kier molecular flexibility index (Phi) is 5.07. The Morgan fingerprint density at radius 3 is 2.74 bits per heavy atom. The summed E-state index contributed by atoms with van der Waals surface area (Å²) in [6.07, 6.45) is 1.69. The molecule has 0 saturated carbocycles. The molecule has 1 amide bonds. The molecule has 1 aromatic carbocycles. The number of anilines is 1. The van der Waals surface area contributed by atoms with Gasteiger partial charge in [-0.05, 0) is 30.3 Å². The number of pyridine rings is 1. The lowest BCUT2D eigenvalue weighted by Crippen LogP contribution is -2.14. The van der Waals surface area contributed by atoms with Gasteiger partial charge in [0.25, 0.3) is 0 Å². The molecule has 0 saturated heterocycles. The third kappa shape index (κ3) is 4.42. The maximum Gasteiger partial charge on any atom is 0.234 e. The molecule has 0 atom stereocenters. The SMILES string of the molecule is O=C(CSc1ccccn1)Nc1ccc(Cl)c(Cl)c1. The Hall–Kier alpha value is -1.23. The van der Waals surface area contributed by atoms with Crippen molar-refractivity contribution in [2.45, 2.75) is 5.03 Å². The molecule has 0 aliphatic rings. The molecule has 0 unspecified atom stereocenters. The minimum atomic E-state index is -0.117. The Labute approximate surface area is 125 Å². The molecule has 98 valence electrons. The Bertz CT molecular complexity index is 578. The summed E-state index contributed by atoms with van der Waals surface area (Å²) in [6, 6.07) is 10.5. The zero-order valence-corrected chi connectivity index (χ0v) is 12.1. The van der Waals surface area contributed by atoms with E-state index in [0.717, 1.165) is 5.03 Å². The number of amides is 1. The van der Waals surface area contributed by atoms with E-state index in [4.69, 9.17) is 23.2 Å². The number of rotatable bonds is 4. The zero-order chi connectivity index (χ0) is 13.7. The van der Waals surface area contributed by atoms with Gasteiger partial charge < -0.3 is 5.32 Å². The molecule has 0 aliphatic carbocycles. The van der Waals surface area contributed by atoms with Crippen LogP contribution in [0.2, 0.25) is 10.0 Å². The van der Waals surface area contributed by atoms with E-state index < -0.39 is 0 Å². The van der Waals surface area contributed by atoms with Crippen LogP contribution in [0.1, 0.15) is 0 Å². The van der Waals surface area contributed by atoms with Crippen molar-refractivity contribution < 1.29 is 4.79 Å². The molecular weight excluding hydrogens is 303 g/mol. The van der Waals surface area contributed by atoms with Crippen LogP contribution in [-0.2, 0) is 4.79 Å². The fourth-order valence-electron chi connectivity index (χ4n) is 1.34. The predicted octanol–water partition coefficient (Wildman–Crippen LogP) is 4.12. The molecule has 0 fully saturated rings. The minimum Gasteiger partial charge on any atom is -0.325 e. The summed E-state index contributed by atoms with van der Waals surface area (Å²) in [5, 5.41) is 4.44. The van der Waals surface area contributed by atoms with Crippen molar-refractivity contribution >= 4 is 46.6 Å². The van der Waals surface area contributed by atoms with Crippen LogP contribution >= 0.6 is 35.0 Å². The summed E-state index contributed by atoms with van der Waals surface area (Å²) < 4.78 is 0. The third-order valence-electron chi connectivity index (χ3n) is 2.19. The molecule has 19 heavy (non-hydrogen) atoms. The monoisotopic (exact) mass is 312 g/mol. The third-order valence-corrected chi connectivity index (χ3v) is 3.88. The van der Waals surface area contributed by atoms with Gasteiger partial charge in [0.05, 0.1) is 20.8 Å². The second-order valence-corrected chi connectivity index (χ2v) is 5.44. The van der Waals surface area contributed by atoms with Crippen LogP contribution in [0.25, 0.3) is 0 Å². The van der Waals surface area contributed by atoms with E-state index in [1.807, 2.05) is 18.2 Å². The van der Waals surface area contributed by atoms with Gasteiger partial charge in [-0.15, -0.1) is 0 Å². The van der Waals surface area contributed by atoms with Gasteiger partial charge >= 0.3 is 0 Å². The van der Waals surface area contributed by atoms with Crippen LogP contribution in [0.4, 0.5) is 5.69 Å². The number of hydrogen-bond acceptors (Lipinski definition) is 3. The van der Waals surface area contributed by atoms with Gasteiger partial charge in [0.2, 0.25) is 5.91 Å². The predicted molar refractivity (Wildman–Crippen MR) is 80.1 cm³/mol. The molecule has 2 rings (SSSR count). The lowest BCUT2D eigenvalue weighted by molar-refractivity contribution is -0.113. The average molecular weight is 313 g/mol. The second kappa shape index (κ2) is 6.80. The Balaban J connectivity index is 1.89. The number of nitrogens with zero attached hydrogens (tertiary/aromatic N) is 1. The topological polar surface area (TPSA) is 42.0 Å². The van der Waals surface area contributed by atoms with Crippen molar-refractivity contribution in [3.05, 3.63) is 52.6 Å². The van der Waals surface area contributed by atoms with Crippen LogP contribution in [0.5, 0.6) is 0 Å². The number of carbonyl (C=O) groups is 1. The normalized spacial score (nSPS) is 10.2. The summed E-state index contributed by atoms with van der Waals surface area (Å²) in [6.45, 7) is 0. The first-order valence-corrected chi connectivity index (χ1v) is 7.18. The molecule has 0 bridgehead atoms. The van der Waals surface area contributed by atoms with Crippen molar-refractivity contribution in [3.63, 3.8) is 0 Å². The number of halogens is 2. The van der Waals surface area contributed by atoms with Gasteiger partial charge in [-0.25, -0.2) is 4.98 Å². The number of carbonyl (C=O) groups excluding carboxylic acids is 1. The van der Waals surface area contributed by atoms with Gasteiger partial charge in [-0.3, -0.25) is 4.79 Å². The lowest BCUT2D eigenvalue weighted by Gasteiger charge is -2.06. The van der Waals surface area contributed by atoms with E-state index in [0.29, 0.717) is 15.7 Å². The van der Waals surface area contributed by atoms with E-state index in [1.54, 1.807) is 24.4 Å². The maximum atomic E-state index is 11.7. The first-order chi connectivity index (χ1) is 9.15. The van der Waals surface area contributed by atoms with Gasteiger partial charge in [0, 0.05) is 11.9 Å². The van der Waals surface area contributed by atoms with Crippen LogP contribution in [0, 0.1) is 0 Å². The minimum absolute atomic E-state index is 0.117. The standard InChI is InChI=1S/C13H10Cl2N2OS/c14-10-5-4-9(7-11(10)15)17-12(18)8-19-13-3-1-2-6-16-13/h1-7H,8H2,(H,17,18). The first kappa shape index (κ1) is 14.2. The average Bonchev–Trinajstić information content (AvgIpc) is 2.42. The van der Waals surface area contributed by atoms with E-state index in [-0.39, 0.29) is 11.7 Å². The highest BCUT2D eigenvalue weighted by Gasteiger charge is 2.05. The van der Waals surface area contributed by atoms with Crippen molar-refractivity contribution in [1.82, 2.24) is 4.98 Å². The fourth-order valence-corrected chi connectivity index (χ4v) is 2.30. The summed E-state index contributed by atoms with van der Waals surface area (Å²) in [7, 11) is 0. The fraction of sp³-hybridized carbons (Fsp3) is 0.0769. The first-order valence-electron chi connectivity index (χ1n) is 5.44. The van der Waals surface area contributed by atoms with E-state index in [1.165, 1.54) is 11.8 Å². The Morgan fingerprint density at radius 1 is 1.21 bits per heavy atom. The molecule has 6 heteroatoms. The highest BCUT2D eigenvalue weighted by Crippen LogP contribution is 2.25. The molecule has 1 aromatic heterocycles. The molecule has 0 aliphatic heterocycles. The summed E-state index contributed by atoms with van der Waals surface area (Å²) in [5.41, 5.74) is 0.626. The number of nitrogens with one attached hydrogen (secondary N) is 1. The molecular formula is C13H10Cl2N2OS. The van der Waals surface area contributed by atoms with E-state index >= 15 is 0 Å². The molecule has 1 N–H and O–H groups in total. The van der Waals surface area contributed by atoms with Crippen LogP contribution in [-0.4, -0.2) is 16.6 Å². The molecule has 3 nitrogen and oxygen atoms in total. The van der Waals surface area contributed by atoms with Crippen LogP contribution in [0.3, 0.4) is 0 Å². The largest absolute Gasteiger partial charge is 0.325 e. The van der Waals surface area contributed by atoms with Gasteiger partial charge in [-0.2, -0.15) is 0 Å². The van der Waals surface area contributed by atoms with Crippen molar-refractivity contribution in [1.29, 1.82) is 0 Å². The molecule has 1 heterocycles. The summed E-state index contributed by atoms with van der Waals surface area (Å²) in [5.74, 6) is 0.172. The summed E-state index contributed by atoms with van der Waals surface area (Å²) in [4.78, 5) is 15.9. The molecule has 0 radical (unpaired) electrons. The smallest absolute Gasteiger partial charge is 0.234 e. The van der Waals surface area contributed by atoms with Crippen LogP contribution < -0.4 is 5.32 Å². The highest BCUT2D eigenvalue weighted by atomic mass is 35.5. The van der Waals surface area contributed by atoms with Crippen molar-refractivity contribution in [3.8, 4) is 0 Å². The van der Waals surface area contributed by atoms with Gasteiger partial charge in [-0.1, -0.05) is 41.0 Å². The van der Waals surface area contributed by atoms with Crippen molar-refractivity contribution in [2.24, 2.45) is 0 Å².